The minimum Gasteiger partial charge on any atom is -0.346 e. The van der Waals surface area contributed by atoms with Gasteiger partial charge in [-0.3, -0.25) is 0 Å². The molecule has 0 saturated carbocycles. The van der Waals surface area contributed by atoms with Crippen molar-refractivity contribution < 1.29 is 9.47 Å². The van der Waals surface area contributed by atoms with Crippen molar-refractivity contribution in [3.05, 3.63) is 35.4 Å². The average Bonchev–Trinajstić information content (AvgIpc) is 2.72. The SMILES string of the molecule is C#CCc1ccc(C2OCCO2)cc1. The van der Waals surface area contributed by atoms with Crippen LogP contribution in [0.15, 0.2) is 24.3 Å². The minimum absolute atomic E-state index is 0.185. The van der Waals surface area contributed by atoms with Gasteiger partial charge >= 0.3 is 0 Å². The molecule has 0 radical (unpaired) electrons. The minimum atomic E-state index is -0.185. The molecule has 0 amide bonds. The van der Waals surface area contributed by atoms with Crippen LogP contribution in [-0.2, 0) is 15.9 Å². The molecule has 1 aliphatic heterocycles. The zero-order valence-electron chi connectivity index (χ0n) is 7.90. The molecule has 2 heteroatoms. The van der Waals surface area contributed by atoms with Crippen LogP contribution in [0.1, 0.15) is 17.4 Å². The lowest BCUT2D eigenvalue weighted by molar-refractivity contribution is -0.0441. The summed E-state index contributed by atoms with van der Waals surface area (Å²) in [5.74, 6) is 2.61. The first-order chi connectivity index (χ1) is 6.90. The number of hydrogen-bond donors (Lipinski definition) is 0. The number of rotatable bonds is 2. The topological polar surface area (TPSA) is 18.5 Å². The van der Waals surface area contributed by atoms with Crippen molar-refractivity contribution in [1.82, 2.24) is 0 Å². The highest BCUT2D eigenvalue weighted by atomic mass is 16.7. The van der Waals surface area contributed by atoms with E-state index in [1.807, 2.05) is 24.3 Å². The molecule has 0 bridgehead atoms. The Morgan fingerprint density at radius 3 is 2.43 bits per heavy atom. The highest BCUT2D eigenvalue weighted by Gasteiger charge is 2.17. The molecule has 0 spiro atoms. The summed E-state index contributed by atoms with van der Waals surface area (Å²) in [5, 5.41) is 0. The molecular weight excluding hydrogens is 176 g/mol. The van der Waals surface area contributed by atoms with E-state index >= 15 is 0 Å². The van der Waals surface area contributed by atoms with Gasteiger partial charge in [0, 0.05) is 12.0 Å². The third kappa shape index (κ3) is 1.95. The second-order valence-electron chi connectivity index (χ2n) is 3.20. The van der Waals surface area contributed by atoms with Crippen LogP contribution >= 0.6 is 0 Å². The Morgan fingerprint density at radius 2 is 1.86 bits per heavy atom. The number of benzene rings is 1. The van der Waals surface area contributed by atoms with Crippen LogP contribution in [0, 0.1) is 12.3 Å². The Morgan fingerprint density at radius 1 is 1.21 bits per heavy atom. The van der Waals surface area contributed by atoms with E-state index in [1.165, 1.54) is 0 Å². The van der Waals surface area contributed by atoms with E-state index in [-0.39, 0.29) is 6.29 Å². The monoisotopic (exact) mass is 188 g/mol. The molecule has 1 heterocycles. The Labute approximate surface area is 83.8 Å². The van der Waals surface area contributed by atoms with E-state index in [2.05, 4.69) is 5.92 Å². The van der Waals surface area contributed by atoms with Crippen LogP contribution in [0.5, 0.6) is 0 Å². The van der Waals surface area contributed by atoms with Gasteiger partial charge in [0.15, 0.2) is 6.29 Å². The summed E-state index contributed by atoms with van der Waals surface area (Å²) >= 11 is 0. The molecule has 2 nitrogen and oxygen atoms in total. The number of ether oxygens (including phenoxy) is 2. The molecule has 72 valence electrons. The maximum atomic E-state index is 5.38. The Hall–Kier alpha value is -1.30. The molecule has 2 rings (SSSR count). The van der Waals surface area contributed by atoms with Crippen LogP contribution in [0.4, 0.5) is 0 Å². The van der Waals surface area contributed by atoms with Gasteiger partial charge in [-0.15, -0.1) is 12.3 Å². The van der Waals surface area contributed by atoms with Gasteiger partial charge in [0.2, 0.25) is 0 Å². The standard InChI is InChI=1S/C12H12O2/c1-2-3-10-4-6-11(7-5-10)12-13-8-9-14-12/h1,4-7,12H,3,8-9H2. The van der Waals surface area contributed by atoms with E-state index in [0.717, 1.165) is 11.1 Å². The maximum Gasteiger partial charge on any atom is 0.184 e. The van der Waals surface area contributed by atoms with Crippen LogP contribution in [0.3, 0.4) is 0 Å². The lowest BCUT2D eigenvalue weighted by atomic mass is 10.1. The zero-order valence-corrected chi connectivity index (χ0v) is 7.90. The first kappa shape index (κ1) is 9.26. The molecular formula is C12H12O2. The number of hydrogen-bond acceptors (Lipinski definition) is 2. The van der Waals surface area contributed by atoms with E-state index in [9.17, 15) is 0 Å². The molecule has 1 aromatic rings. The second-order valence-corrected chi connectivity index (χ2v) is 3.20. The highest BCUT2D eigenvalue weighted by molar-refractivity contribution is 5.26. The summed E-state index contributed by atoms with van der Waals surface area (Å²) in [7, 11) is 0. The third-order valence-electron chi connectivity index (χ3n) is 2.18. The van der Waals surface area contributed by atoms with Crippen LogP contribution in [0.25, 0.3) is 0 Å². The fourth-order valence-electron chi connectivity index (χ4n) is 1.46. The predicted molar refractivity (Wildman–Crippen MR) is 53.6 cm³/mol. The van der Waals surface area contributed by atoms with Gasteiger partial charge in [-0.05, 0) is 5.56 Å². The molecule has 1 aromatic carbocycles. The first-order valence-electron chi connectivity index (χ1n) is 4.65. The molecule has 0 unspecified atom stereocenters. The Kier molecular flexibility index (Phi) is 2.83. The maximum absolute atomic E-state index is 5.38. The lowest BCUT2D eigenvalue weighted by Gasteiger charge is -2.09. The summed E-state index contributed by atoms with van der Waals surface area (Å²) < 4.78 is 10.8. The van der Waals surface area contributed by atoms with Crippen molar-refractivity contribution in [2.24, 2.45) is 0 Å². The molecule has 1 aliphatic rings. The van der Waals surface area contributed by atoms with E-state index in [1.54, 1.807) is 0 Å². The van der Waals surface area contributed by atoms with Gasteiger partial charge < -0.3 is 9.47 Å². The van der Waals surface area contributed by atoms with Crippen LogP contribution in [-0.4, -0.2) is 13.2 Å². The fourth-order valence-corrected chi connectivity index (χ4v) is 1.46. The third-order valence-corrected chi connectivity index (χ3v) is 2.18. The molecule has 1 fully saturated rings. The first-order valence-corrected chi connectivity index (χ1v) is 4.65. The van der Waals surface area contributed by atoms with Crippen molar-refractivity contribution >= 4 is 0 Å². The van der Waals surface area contributed by atoms with Gasteiger partial charge in [-0.2, -0.15) is 0 Å². The summed E-state index contributed by atoms with van der Waals surface area (Å²) in [4.78, 5) is 0. The van der Waals surface area contributed by atoms with Crippen molar-refractivity contribution in [1.29, 1.82) is 0 Å². The van der Waals surface area contributed by atoms with Crippen LogP contribution < -0.4 is 0 Å². The Bertz CT molecular complexity index is 328. The highest BCUT2D eigenvalue weighted by Crippen LogP contribution is 2.23. The smallest absolute Gasteiger partial charge is 0.184 e. The van der Waals surface area contributed by atoms with Gasteiger partial charge in [0.05, 0.1) is 13.2 Å². The van der Waals surface area contributed by atoms with Crippen molar-refractivity contribution in [3.63, 3.8) is 0 Å². The van der Waals surface area contributed by atoms with Crippen molar-refractivity contribution in [3.8, 4) is 12.3 Å². The molecule has 14 heavy (non-hydrogen) atoms. The molecule has 0 atom stereocenters. The van der Waals surface area contributed by atoms with Crippen molar-refractivity contribution in [2.45, 2.75) is 12.7 Å². The zero-order chi connectivity index (χ0) is 9.80. The van der Waals surface area contributed by atoms with Gasteiger partial charge in [-0.25, -0.2) is 0 Å². The van der Waals surface area contributed by atoms with Crippen molar-refractivity contribution in [2.75, 3.05) is 13.2 Å². The van der Waals surface area contributed by atoms with Gasteiger partial charge in [-0.1, -0.05) is 24.3 Å². The summed E-state index contributed by atoms with van der Waals surface area (Å²) in [6.45, 7) is 1.35. The lowest BCUT2D eigenvalue weighted by Crippen LogP contribution is -1.97. The molecule has 0 aliphatic carbocycles. The molecule has 0 aromatic heterocycles. The second kappa shape index (κ2) is 4.28. The largest absolute Gasteiger partial charge is 0.346 e. The fraction of sp³-hybridized carbons (Fsp3) is 0.333. The Balaban J connectivity index is 2.09. The predicted octanol–water partition coefficient (Wildman–Crippen LogP) is 1.91. The number of terminal acetylenes is 1. The van der Waals surface area contributed by atoms with Gasteiger partial charge in [0.25, 0.3) is 0 Å². The van der Waals surface area contributed by atoms with Gasteiger partial charge in [0.1, 0.15) is 0 Å². The summed E-state index contributed by atoms with van der Waals surface area (Å²) in [6, 6.07) is 8.03. The molecule has 0 N–H and O–H groups in total. The quantitative estimate of drug-likeness (QED) is 0.660. The molecule has 1 saturated heterocycles. The van der Waals surface area contributed by atoms with E-state index in [4.69, 9.17) is 15.9 Å². The van der Waals surface area contributed by atoms with E-state index in [0.29, 0.717) is 19.6 Å². The van der Waals surface area contributed by atoms with Crippen LogP contribution in [0.2, 0.25) is 0 Å². The van der Waals surface area contributed by atoms with E-state index < -0.39 is 0 Å². The summed E-state index contributed by atoms with van der Waals surface area (Å²) in [5.41, 5.74) is 2.21. The average molecular weight is 188 g/mol. The summed E-state index contributed by atoms with van der Waals surface area (Å²) in [6.07, 6.45) is 5.71. The normalized spacial score (nSPS) is 16.8.